The fourth-order valence-corrected chi connectivity index (χ4v) is 6.14. The van der Waals surface area contributed by atoms with Crippen LogP contribution in [0.5, 0.6) is 0 Å². The number of amides is 1. The molecule has 0 unspecified atom stereocenters. The van der Waals surface area contributed by atoms with Crippen LogP contribution in [0.3, 0.4) is 0 Å². The molecule has 0 aromatic heterocycles. The van der Waals surface area contributed by atoms with Gasteiger partial charge in [-0.3, -0.25) is 14.2 Å². The molecule has 11 heteroatoms. The highest BCUT2D eigenvalue weighted by molar-refractivity contribution is 7.93. The third kappa shape index (κ3) is 6.34. The molecular weight excluding hydrogens is 546 g/mol. The molecule has 0 aliphatic heterocycles. The predicted octanol–water partition coefficient (Wildman–Crippen LogP) is 5.81. The first-order chi connectivity index (χ1) is 17.9. The SMILES string of the molecule is Cc1ccc(NS(=O)(=O)c2ccc(NC(=O)c3ccc(Cl)c(S(=O)(=O)Nc4ccccc4)c3)cc2)cc1C. The van der Waals surface area contributed by atoms with E-state index < -0.39 is 26.0 Å². The summed E-state index contributed by atoms with van der Waals surface area (Å²) in [7, 11) is -7.91. The van der Waals surface area contributed by atoms with E-state index >= 15 is 0 Å². The maximum Gasteiger partial charge on any atom is 0.263 e. The molecule has 1 amide bonds. The van der Waals surface area contributed by atoms with Gasteiger partial charge in [0.1, 0.15) is 4.90 Å². The minimum absolute atomic E-state index is 0.0144. The van der Waals surface area contributed by atoms with Crippen molar-refractivity contribution in [3.8, 4) is 0 Å². The number of para-hydroxylation sites is 1. The largest absolute Gasteiger partial charge is 0.322 e. The first kappa shape index (κ1) is 27.2. The van der Waals surface area contributed by atoms with Crippen molar-refractivity contribution < 1.29 is 21.6 Å². The number of anilines is 3. The van der Waals surface area contributed by atoms with Gasteiger partial charge < -0.3 is 5.32 Å². The highest BCUT2D eigenvalue weighted by atomic mass is 35.5. The molecular formula is C27H24ClN3O5S2. The Bertz CT molecular complexity index is 1710. The van der Waals surface area contributed by atoms with Crippen LogP contribution in [0.15, 0.2) is 101 Å². The highest BCUT2D eigenvalue weighted by Crippen LogP contribution is 2.26. The molecule has 4 aromatic rings. The number of sulfonamides is 2. The predicted molar refractivity (Wildman–Crippen MR) is 150 cm³/mol. The van der Waals surface area contributed by atoms with Crippen LogP contribution in [0.25, 0.3) is 0 Å². The second-order valence-electron chi connectivity index (χ2n) is 8.50. The van der Waals surface area contributed by atoms with Gasteiger partial charge in [0.2, 0.25) is 0 Å². The van der Waals surface area contributed by atoms with Gasteiger partial charge in [-0.05, 0) is 91.7 Å². The monoisotopic (exact) mass is 569 g/mol. The second-order valence-corrected chi connectivity index (χ2v) is 12.2. The van der Waals surface area contributed by atoms with E-state index in [1.54, 1.807) is 42.5 Å². The van der Waals surface area contributed by atoms with Crippen molar-refractivity contribution in [3.63, 3.8) is 0 Å². The minimum atomic E-state index is -4.06. The van der Waals surface area contributed by atoms with Gasteiger partial charge in [0.15, 0.2) is 0 Å². The van der Waals surface area contributed by atoms with Crippen LogP contribution in [0.1, 0.15) is 21.5 Å². The van der Waals surface area contributed by atoms with Crippen molar-refractivity contribution in [1.82, 2.24) is 0 Å². The summed E-state index contributed by atoms with van der Waals surface area (Å²) < 4.78 is 56.2. The van der Waals surface area contributed by atoms with E-state index in [1.165, 1.54) is 42.5 Å². The van der Waals surface area contributed by atoms with Gasteiger partial charge in [-0.2, -0.15) is 0 Å². The van der Waals surface area contributed by atoms with Crippen LogP contribution in [0.2, 0.25) is 5.02 Å². The van der Waals surface area contributed by atoms with Crippen molar-refractivity contribution in [2.24, 2.45) is 0 Å². The molecule has 0 bridgehead atoms. The van der Waals surface area contributed by atoms with Crippen molar-refractivity contribution >= 4 is 54.6 Å². The van der Waals surface area contributed by atoms with Gasteiger partial charge in [-0.25, -0.2) is 16.8 Å². The molecule has 0 saturated heterocycles. The fourth-order valence-electron chi connectivity index (χ4n) is 3.51. The molecule has 0 aliphatic carbocycles. The maximum atomic E-state index is 12.9. The molecule has 0 aliphatic rings. The topological polar surface area (TPSA) is 121 Å². The second kappa shape index (κ2) is 10.9. The van der Waals surface area contributed by atoms with E-state index in [1.807, 2.05) is 19.9 Å². The van der Waals surface area contributed by atoms with Gasteiger partial charge in [0.25, 0.3) is 26.0 Å². The van der Waals surface area contributed by atoms with E-state index in [-0.39, 0.29) is 20.4 Å². The normalized spacial score (nSPS) is 11.6. The molecule has 0 saturated carbocycles. The number of aryl methyl sites for hydroxylation is 2. The third-order valence-corrected chi connectivity index (χ3v) is 8.95. The Hall–Kier alpha value is -3.86. The Kier molecular flexibility index (Phi) is 7.77. The molecule has 8 nitrogen and oxygen atoms in total. The van der Waals surface area contributed by atoms with Crippen LogP contribution >= 0.6 is 11.6 Å². The molecule has 3 N–H and O–H groups in total. The molecule has 196 valence electrons. The molecule has 0 spiro atoms. The van der Waals surface area contributed by atoms with Crippen LogP contribution in [-0.2, 0) is 20.0 Å². The summed E-state index contributed by atoms with van der Waals surface area (Å²) in [5.74, 6) is -0.596. The average molecular weight is 570 g/mol. The van der Waals surface area contributed by atoms with Crippen LogP contribution in [0, 0.1) is 13.8 Å². The number of hydrogen-bond acceptors (Lipinski definition) is 5. The summed E-state index contributed by atoms with van der Waals surface area (Å²) in [6, 6.07) is 23.0. The molecule has 0 heterocycles. The molecule has 38 heavy (non-hydrogen) atoms. The number of benzene rings is 4. The van der Waals surface area contributed by atoms with Gasteiger partial charge in [0, 0.05) is 22.6 Å². The highest BCUT2D eigenvalue weighted by Gasteiger charge is 2.21. The summed E-state index contributed by atoms with van der Waals surface area (Å²) >= 11 is 6.13. The van der Waals surface area contributed by atoms with Crippen LogP contribution in [-0.4, -0.2) is 22.7 Å². The molecule has 0 radical (unpaired) electrons. The lowest BCUT2D eigenvalue weighted by Crippen LogP contribution is -2.16. The summed E-state index contributed by atoms with van der Waals surface area (Å²) in [6.45, 7) is 3.83. The molecule has 4 rings (SSSR count). The first-order valence-corrected chi connectivity index (χ1v) is 14.7. The average Bonchev–Trinajstić information content (AvgIpc) is 2.87. The first-order valence-electron chi connectivity index (χ1n) is 11.3. The Morgan fingerprint density at radius 2 is 1.29 bits per heavy atom. The lowest BCUT2D eigenvalue weighted by atomic mass is 10.1. The Labute approximate surface area is 226 Å². The van der Waals surface area contributed by atoms with E-state index in [2.05, 4.69) is 14.8 Å². The lowest BCUT2D eigenvalue weighted by molar-refractivity contribution is 0.102. The number of hydrogen-bond donors (Lipinski definition) is 3. The van der Waals surface area contributed by atoms with Crippen molar-refractivity contribution in [2.45, 2.75) is 23.6 Å². The van der Waals surface area contributed by atoms with E-state index in [0.717, 1.165) is 11.1 Å². The zero-order valence-corrected chi connectivity index (χ0v) is 22.8. The zero-order chi connectivity index (χ0) is 27.5. The van der Waals surface area contributed by atoms with E-state index in [4.69, 9.17) is 11.6 Å². The van der Waals surface area contributed by atoms with Gasteiger partial charge in [0.05, 0.1) is 9.92 Å². The standard InChI is InChI=1S/C27H24ClN3O5S2/c1-18-8-10-23(16-19(18)2)31-37(33,34)24-13-11-21(12-14-24)29-27(32)20-9-15-25(28)26(17-20)38(35,36)30-22-6-4-3-5-7-22/h3-17,30-31H,1-2H3,(H,29,32). The maximum absolute atomic E-state index is 12.9. The zero-order valence-electron chi connectivity index (χ0n) is 20.4. The van der Waals surface area contributed by atoms with Crippen LogP contribution in [0.4, 0.5) is 17.1 Å². The molecule has 4 aromatic carbocycles. The van der Waals surface area contributed by atoms with Crippen LogP contribution < -0.4 is 14.8 Å². The Morgan fingerprint density at radius 1 is 0.658 bits per heavy atom. The van der Waals surface area contributed by atoms with Gasteiger partial charge in [-0.15, -0.1) is 0 Å². The fraction of sp³-hybridized carbons (Fsp3) is 0.0741. The number of carbonyl (C=O) groups excluding carboxylic acids is 1. The van der Waals surface area contributed by atoms with Crippen molar-refractivity contribution in [3.05, 3.63) is 113 Å². The summed E-state index contributed by atoms with van der Waals surface area (Å²) in [5, 5.41) is 2.59. The quantitative estimate of drug-likeness (QED) is 0.247. The number of rotatable bonds is 8. The number of nitrogens with one attached hydrogen (secondary N) is 3. The Balaban J connectivity index is 1.49. The molecule has 0 atom stereocenters. The summed E-state index contributed by atoms with van der Waals surface area (Å²) in [4.78, 5) is 12.6. The summed E-state index contributed by atoms with van der Waals surface area (Å²) in [6.07, 6.45) is 0. The van der Waals surface area contributed by atoms with E-state index in [0.29, 0.717) is 17.1 Å². The van der Waals surface area contributed by atoms with Gasteiger partial charge in [-0.1, -0.05) is 35.9 Å². The smallest absolute Gasteiger partial charge is 0.263 e. The summed E-state index contributed by atoms with van der Waals surface area (Å²) in [5.41, 5.74) is 3.17. The van der Waals surface area contributed by atoms with Crippen molar-refractivity contribution in [2.75, 3.05) is 14.8 Å². The third-order valence-electron chi connectivity index (χ3n) is 5.69. The Morgan fingerprint density at radius 3 is 1.95 bits per heavy atom. The van der Waals surface area contributed by atoms with Gasteiger partial charge >= 0.3 is 0 Å². The lowest BCUT2D eigenvalue weighted by Gasteiger charge is -2.12. The van der Waals surface area contributed by atoms with Crippen molar-refractivity contribution in [1.29, 1.82) is 0 Å². The minimum Gasteiger partial charge on any atom is -0.322 e. The number of halogens is 1. The molecule has 0 fully saturated rings. The van der Waals surface area contributed by atoms with E-state index in [9.17, 15) is 21.6 Å². The number of carbonyl (C=O) groups is 1.